The number of likely N-dealkylation sites (tertiary alicyclic amines) is 1. The molecule has 0 radical (unpaired) electrons. The summed E-state index contributed by atoms with van der Waals surface area (Å²) in [5.74, 6) is -0.572. The molecular weight excluding hydrogens is 456 g/mol. The molecule has 5 rings (SSSR count). The molecule has 7 nitrogen and oxygen atoms in total. The van der Waals surface area contributed by atoms with Crippen molar-refractivity contribution in [2.24, 2.45) is 0 Å². The molecule has 2 aromatic carbocycles. The first-order valence-electron chi connectivity index (χ1n) is 12.0. The molecule has 2 saturated heterocycles. The maximum absolute atomic E-state index is 13.7. The van der Waals surface area contributed by atoms with Crippen molar-refractivity contribution in [2.75, 3.05) is 26.8 Å². The van der Waals surface area contributed by atoms with Crippen LogP contribution in [0.3, 0.4) is 0 Å². The van der Waals surface area contributed by atoms with E-state index in [2.05, 4.69) is 22.3 Å². The van der Waals surface area contributed by atoms with Gasteiger partial charge in [0.1, 0.15) is 18.4 Å². The molecular formula is C26H29F2N3O4. The van der Waals surface area contributed by atoms with Crippen LogP contribution in [0.5, 0.6) is 5.75 Å². The summed E-state index contributed by atoms with van der Waals surface area (Å²) in [5.41, 5.74) is 1.59. The summed E-state index contributed by atoms with van der Waals surface area (Å²) < 4.78 is 37.5. The molecule has 3 aliphatic rings. The maximum Gasteiger partial charge on any atom is 0.418 e. The summed E-state index contributed by atoms with van der Waals surface area (Å²) in [6, 6.07) is 10.6. The van der Waals surface area contributed by atoms with Gasteiger partial charge in [-0.15, -0.1) is 0 Å². The molecule has 2 aromatic rings. The number of imide groups is 1. The monoisotopic (exact) mass is 485 g/mol. The quantitative estimate of drug-likeness (QED) is 0.671. The fourth-order valence-corrected chi connectivity index (χ4v) is 5.51. The van der Waals surface area contributed by atoms with Crippen molar-refractivity contribution in [1.82, 2.24) is 15.1 Å². The predicted octanol–water partition coefficient (Wildman–Crippen LogP) is 4.59. The van der Waals surface area contributed by atoms with E-state index in [-0.39, 0.29) is 12.6 Å². The topological polar surface area (TPSA) is 71.1 Å². The molecule has 2 heterocycles. The molecule has 1 N–H and O–H groups in total. The van der Waals surface area contributed by atoms with E-state index in [0.29, 0.717) is 30.6 Å². The van der Waals surface area contributed by atoms with Crippen molar-refractivity contribution in [3.63, 3.8) is 0 Å². The van der Waals surface area contributed by atoms with E-state index in [1.807, 2.05) is 12.1 Å². The van der Waals surface area contributed by atoms with Crippen molar-refractivity contribution in [3.05, 3.63) is 65.2 Å². The van der Waals surface area contributed by atoms with Crippen LogP contribution >= 0.6 is 0 Å². The number of nitrogens with zero attached hydrogens (tertiary/aromatic N) is 2. The molecule has 0 bridgehead atoms. The van der Waals surface area contributed by atoms with Gasteiger partial charge in [-0.3, -0.25) is 4.90 Å². The largest absolute Gasteiger partial charge is 0.496 e. The van der Waals surface area contributed by atoms with Crippen LogP contribution in [0.4, 0.5) is 18.4 Å². The van der Waals surface area contributed by atoms with Gasteiger partial charge >= 0.3 is 12.1 Å². The van der Waals surface area contributed by atoms with Crippen LogP contribution in [-0.2, 0) is 4.74 Å². The molecule has 0 spiro atoms. The third kappa shape index (κ3) is 4.69. The number of carbonyl (C=O) groups excluding carboxylic acids is 2. The Morgan fingerprint density at radius 3 is 2.51 bits per heavy atom. The lowest BCUT2D eigenvalue weighted by Gasteiger charge is -2.47. The fourth-order valence-electron chi connectivity index (χ4n) is 5.51. The highest BCUT2D eigenvalue weighted by Crippen LogP contribution is 2.39. The summed E-state index contributed by atoms with van der Waals surface area (Å²) in [5, 5.41) is 2.89. The Hall–Kier alpha value is -3.20. The SMILES string of the molecule is COc1ccccc1C1CCC(N2CC(NC(=O)N3C(=O)OCC3c3ccc(F)c(F)c3)C2)CC1. The normalized spacial score (nSPS) is 25.2. The third-order valence-corrected chi connectivity index (χ3v) is 7.45. The number of halogens is 2. The number of cyclic esters (lactones) is 1. The zero-order valence-electron chi connectivity index (χ0n) is 19.6. The van der Waals surface area contributed by atoms with Gasteiger partial charge in [0.05, 0.1) is 13.2 Å². The lowest BCUT2D eigenvalue weighted by atomic mass is 9.80. The first-order chi connectivity index (χ1) is 16.9. The predicted molar refractivity (Wildman–Crippen MR) is 124 cm³/mol. The van der Waals surface area contributed by atoms with E-state index in [4.69, 9.17) is 9.47 Å². The molecule has 2 aliphatic heterocycles. The van der Waals surface area contributed by atoms with Gasteiger partial charge in [0.25, 0.3) is 0 Å². The summed E-state index contributed by atoms with van der Waals surface area (Å²) in [6.07, 6.45) is 3.56. The third-order valence-electron chi connectivity index (χ3n) is 7.45. The summed E-state index contributed by atoms with van der Waals surface area (Å²) in [4.78, 5) is 28.4. The smallest absolute Gasteiger partial charge is 0.418 e. The fraction of sp³-hybridized carbons (Fsp3) is 0.462. The molecule has 1 atom stereocenters. The number of hydrogen-bond donors (Lipinski definition) is 1. The first-order valence-corrected chi connectivity index (χ1v) is 12.0. The highest BCUT2D eigenvalue weighted by atomic mass is 19.2. The van der Waals surface area contributed by atoms with E-state index in [1.165, 1.54) is 11.6 Å². The highest BCUT2D eigenvalue weighted by molar-refractivity contribution is 5.93. The second kappa shape index (κ2) is 9.81. The lowest BCUT2D eigenvalue weighted by molar-refractivity contribution is 0.0544. The standard InChI is InChI=1S/C26H29F2N3O4/c1-34-24-5-3-2-4-20(24)16-6-9-19(10-7-16)30-13-18(14-30)29-25(32)31-23(15-35-26(31)33)17-8-11-21(27)22(28)12-17/h2-5,8,11-12,16,18-19,23H,6-7,9-10,13-15H2,1H3,(H,29,32). The van der Waals surface area contributed by atoms with Crippen LogP contribution in [0.25, 0.3) is 0 Å². The van der Waals surface area contributed by atoms with Crippen LogP contribution in [0.1, 0.15) is 48.8 Å². The van der Waals surface area contributed by atoms with Crippen LogP contribution in [0, 0.1) is 11.6 Å². The second-order valence-corrected chi connectivity index (χ2v) is 9.48. The molecule has 0 aromatic heterocycles. The van der Waals surface area contributed by atoms with Gasteiger partial charge in [0.2, 0.25) is 0 Å². The van der Waals surface area contributed by atoms with Gasteiger partial charge in [-0.05, 0) is 60.9 Å². The number of urea groups is 1. The van der Waals surface area contributed by atoms with E-state index in [9.17, 15) is 18.4 Å². The average Bonchev–Trinajstić information content (AvgIpc) is 3.24. The molecule has 9 heteroatoms. The molecule has 3 amide bonds. The van der Waals surface area contributed by atoms with Crippen molar-refractivity contribution in [1.29, 1.82) is 0 Å². The Labute approximate surface area is 203 Å². The van der Waals surface area contributed by atoms with Crippen LogP contribution in [0.15, 0.2) is 42.5 Å². The van der Waals surface area contributed by atoms with E-state index in [1.54, 1.807) is 7.11 Å². The Bertz CT molecular complexity index is 1100. The summed E-state index contributed by atoms with van der Waals surface area (Å²) in [6.45, 7) is 1.34. The van der Waals surface area contributed by atoms with Crippen LogP contribution in [-0.4, -0.2) is 60.8 Å². The van der Waals surface area contributed by atoms with Crippen LogP contribution in [0.2, 0.25) is 0 Å². The zero-order valence-corrected chi connectivity index (χ0v) is 19.6. The molecule has 1 aliphatic carbocycles. The molecule has 35 heavy (non-hydrogen) atoms. The number of methoxy groups -OCH3 is 1. The molecule has 1 unspecified atom stereocenters. The number of hydrogen-bond acceptors (Lipinski definition) is 5. The lowest BCUT2D eigenvalue weighted by Crippen LogP contribution is -2.64. The van der Waals surface area contributed by atoms with Gasteiger partial charge in [-0.2, -0.15) is 0 Å². The summed E-state index contributed by atoms with van der Waals surface area (Å²) in [7, 11) is 1.71. The minimum atomic E-state index is -1.03. The second-order valence-electron chi connectivity index (χ2n) is 9.48. The zero-order chi connectivity index (χ0) is 24.5. The van der Waals surface area contributed by atoms with Gasteiger partial charge in [0, 0.05) is 19.1 Å². The Balaban J connectivity index is 1.13. The van der Waals surface area contributed by atoms with E-state index >= 15 is 0 Å². The summed E-state index contributed by atoms with van der Waals surface area (Å²) >= 11 is 0. The number of amides is 3. The number of ether oxygens (including phenoxy) is 2. The Morgan fingerprint density at radius 2 is 1.80 bits per heavy atom. The number of benzene rings is 2. The minimum Gasteiger partial charge on any atom is -0.496 e. The number of para-hydroxylation sites is 1. The van der Waals surface area contributed by atoms with Crippen molar-refractivity contribution >= 4 is 12.1 Å². The first kappa shape index (κ1) is 23.5. The highest BCUT2D eigenvalue weighted by Gasteiger charge is 2.42. The number of carbonyl (C=O) groups is 2. The number of rotatable bonds is 5. The van der Waals surface area contributed by atoms with Gasteiger partial charge < -0.3 is 14.8 Å². The Kier molecular flexibility index (Phi) is 6.60. The van der Waals surface area contributed by atoms with Gasteiger partial charge in [0.15, 0.2) is 11.6 Å². The minimum absolute atomic E-state index is 0.0755. The Morgan fingerprint density at radius 1 is 1.06 bits per heavy atom. The average molecular weight is 486 g/mol. The molecule has 1 saturated carbocycles. The van der Waals surface area contributed by atoms with Crippen molar-refractivity contribution in [2.45, 2.75) is 49.7 Å². The van der Waals surface area contributed by atoms with E-state index in [0.717, 1.165) is 48.5 Å². The van der Waals surface area contributed by atoms with Crippen LogP contribution < -0.4 is 10.1 Å². The van der Waals surface area contributed by atoms with E-state index < -0.39 is 29.8 Å². The number of nitrogens with one attached hydrogen (secondary N) is 1. The maximum atomic E-state index is 13.7. The van der Waals surface area contributed by atoms with Crippen molar-refractivity contribution in [3.8, 4) is 5.75 Å². The molecule has 3 fully saturated rings. The van der Waals surface area contributed by atoms with Gasteiger partial charge in [-0.25, -0.2) is 23.3 Å². The van der Waals surface area contributed by atoms with Gasteiger partial charge in [-0.1, -0.05) is 24.3 Å². The molecule has 186 valence electrons. The van der Waals surface area contributed by atoms with Crippen molar-refractivity contribution < 1.29 is 27.8 Å².